The van der Waals surface area contributed by atoms with Crippen LogP contribution in [0.5, 0.6) is 0 Å². The molecule has 0 bridgehead atoms. The Kier molecular flexibility index (Phi) is 4.64. The number of nitrogens with zero attached hydrogens (tertiary/aromatic N) is 4. The fourth-order valence-corrected chi connectivity index (χ4v) is 2.36. The molecule has 0 unspecified atom stereocenters. The Morgan fingerprint density at radius 2 is 2.13 bits per heavy atom. The first-order valence-corrected chi connectivity index (χ1v) is 7.58. The molecular weight excluding hydrogens is 337 g/mol. The summed E-state index contributed by atoms with van der Waals surface area (Å²) < 4.78 is 5.78. The average molecular weight is 350 g/mol. The molecule has 23 heavy (non-hydrogen) atoms. The lowest BCUT2D eigenvalue weighted by Gasteiger charge is -2.02. The predicted octanol–water partition coefficient (Wildman–Crippen LogP) is 4.04. The molecule has 3 rings (SSSR count). The number of hydrogen-bond donors (Lipinski definition) is 1. The fourth-order valence-electron chi connectivity index (χ4n) is 1.98. The summed E-state index contributed by atoms with van der Waals surface area (Å²) in [6, 6.07) is 8.94. The number of halogens is 2. The third-order valence-electron chi connectivity index (χ3n) is 3.02. The number of anilines is 1. The van der Waals surface area contributed by atoms with E-state index in [4.69, 9.17) is 27.6 Å². The molecule has 1 N–H and O–H groups in total. The summed E-state index contributed by atoms with van der Waals surface area (Å²) in [7, 11) is 0. The van der Waals surface area contributed by atoms with Crippen molar-refractivity contribution in [1.82, 2.24) is 20.2 Å². The van der Waals surface area contributed by atoms with E-state index in [0.717, 1.165) is 11.3 Å². The van der Waals surface area contributed by atoms with Crippen LogP contribution in [0.1, 0.15) is 5.76 Å². The van der Waals surface area contributed by atoms with Gasteiger partial charge in [-0.25, -0.2) is 0 Å². The Hall–Kier alpha value is -2.31. The van der Waals surface area contributed by atoms with Crippen LogP contribution in [0, 0.1) is 0 Å². The summed E-state index contributed by atoms with van der Waals surface area (Å²) in [5.74, 6) is 1.79. The second kappa shape index (κ2) is 6.85. The lowest BCUT2D eigenvalue weighted by Crippen LogP contribution is -2.02. The summed E-state index contributed by atoms with van der Waals surface area (Å²) >= 11 is 12.2. The van der Waals surface area contributed by atoms with Gasteiger partial charge in [0.1, 0.15) is 11.5 Å². The third kappa shape index (κ3) is 3.72. The number of nitrogens with one attached hydrogen (secondary N) is 1. The van der Waals surface area contributed by atoms with Crippen molar-refractivity contribution in [3.63, 3.8) is 0 Å². The van der Waals surface area contributed by atoms with Gasteiger partial charge in [0, 0.05) is 10.6 Å². The van der Waals surface area contributed by atoms with E-state index in [-0.39, 0.29) is 0 Å². The molecule has 2 heterocycles. The van der Waals surface area contributed by atoms with E-state index < -0.39 is 0 Å². The van der Waals surface area contributed by atoms with Crippen molar-refractivity contribution in [3.8, 4) is 11.3 Å². The summed E-state index contributed by atoms with van der Waals surface area (Å²) in [6.45, 7) is 4.55. The molecule has 0 spiro atoms. The first-order chi connectivity index (χ1) is 11.2. The highest BCUT2D eigenvalue weighted by molar-refractivity contribution is 6.35. The average Bonchev–Trinajstić information content (AvgIpc) is 3.17. The van der Waals surface area contributed by atoms with E-state index in [9.17, 15) is 0 Å². The van der Waals surface area contributed by atoms with Gasteiger partial charge >= 0.3 is 0 Å². The number of benzene rings is 1. The standard InChI is InChI=1S/C15H13Cl2N5O/c1-2-7-22-20-15(19-21-22)18-9-11-4-6-14(23-11)12-8-10(16)3-5-13(12)17/h2-6,8H,1,7,9H2,(H,18,20). The normalized spacial score (nSPS) is 10.7. The molecule has 118 valence electrons. The van der Waals surface area contributed by atoms with Crippen LogP contribution < -0.4 is 5.32 Å². The van der Waals surface area contributed by atoms with Gasteiger partial charge in [0.05, 0.1) is 18.1 Å². The molecule has 0 aliphatic carbocycles. The third-order valence-corrected chi connectivity index (χ3v) is 3.59. The summed E-state index contributed by atoms with van der Waals surface area (Å²) in [6.07, 6.45) is 1.69. The van der Waals surface area contributed by atoms with Crippen LogP contribution in [0.4, 0.5) is 5.95 Å². The van der Waals surface area contributed by atoms with Crippen molar-refractivity contribution >= 4 is 29.2 Å². The molecule has 0 atom stereocenters. The van der Waals surface area contributed by atoms with Gasteiger partial charge in [0.15, 0.2) is 0 Å². The number of tetrazole rings is 1. The van der Waals surface area contributed by atoms with Gasteiger partial charge in [-0.15, -0.1) is 11.7 Å². The Morgan fingerprint density at radius 3 is 2.96 bits per heavy atom. The minimum absolute atomic E-state index is 0.422. The van der Waals surface area contributed by atoms with Gasteiger partial charge in [-0.3, -0.25) is 0 Å². The van der Waals surface area contributed by atoms with Crippen LogP contribution >= 0.6 is 23.2 Å². The van der Waals surface area contributed by atoms with Crippen LogP contribution in [0.3, 0.4) is 0 Å². The Labute approximate surface area is 142 Å². The molecule has 0 aliphatic heterocycles. The maximum atomic E-state index is 6.17. The highest BCUT2D eigenvalue weighted by atomic mass is 35.5. The van der Waals surface area contributed by atoms with Gasteiger partial charge < -0.3 is 9.73 Å². The SMILES string of the molecule is C=CCn1nnc(NCc2ccc(-c3cc(Cl)ccc3Cl)o2)n1. The smallest absolute Gasteiger partial charge is 0.263 e. The zero-order valence-corrected chi connectivity index (χ0v) is 13.6. The quantitative estimate of drug-likeness (QED) is 0.680. The number of allylic oxidation sites excluding steroid dienone is 1. The molecule has 8 heteroatoms. The highest BCUT2D eigenvalue weighted by Crippen LogP contribution is 2.31. The maximum absolute atomic E-state index is 6.17. The van der Waals surface area contributed by atoms with Crippen LogP contribution in [0.15, 0.2) is 47.4 Å². The van der Waals surface area contributed by atoms with Crippen LogP contribution in [-0.4, -0.2) is 20.2 Å². The van der Waals surface area contributed by atoms with E-state index in [1.807, 2.05) is 12.1 Å². The number of hydrogen-bond acceptors (Lipinski definition) is 5. The number of rotatable bonds is 6. The molecule has 0 radical (unpaired) electrons. The number of aromatic nitrogens is 4. The minimum atomic E-state index is 0.422. The van der Waals surface area contributed by atoms with Crippen molar-refractivity contribution < 1.29 is 4.42 Å². The Balaban J connectivity index is 1.69. The van der Waals surface area contributed by atoms with Gasteiger partial charge in [-0.1, -0.05) is 34.4 Å². The molecule has 0 saturated heterocycles. The summed E-state index contributed by atoms with van der Waals surface area (Å²) in [5, 5.41) is 16.1. The van der Waals surface area contributed by atoms with Crippen molar-refractivity contribution in [1.29, 1.82) is 0 Å². The van der Waals surface area contributed by atoms with Crippen molar-refractivity contribution in [3.05, 3.63) is 58.8 Å². The van der Waals surface area contributed by atoms with E-state index in [2.05, 4.69) is 27.3 Å². The van der Waals surface area contributed by atoms with E-state index in [0.29, 0.717) is 34.8 Å². The second-order valence-electron chi connectivity index (χ2n) is 4.70. The Morgan fingerprint density at radius 1 is 1.26 bits per heavy atom. The molecular formula is C15H13Cl2N5O. The number of furan rings is 1. The van der Waals surface area contributed by atoms with Gasteiger partial charge in [0.2, 0.25) is 0 Å². The zero-order valence-electron chi connectivity index (χ0n) is 12.0. The highest BCUT2D eigenvalue weighted by Gasteiger charge is 2.10. The maximum Gasteiger partial charge on any atom is 0.263 e. The van der Waals surface area contributed by atoms with Gasteiger partial charge in [0.25, 0.3) is 5.95 Å². The monoisotopic (exact) mass is 349 g/mol. The van der Waals surface area contributed by atoms with Crippen LogP contribution in [-0.2, 0) is 13.1 Å². The van der Waals surface area contributed by atoms with Crippen molar-refractivity contribution in [2.45, 2.75) is 13.1 Å². The topological polar surface area (TPSA) is 68.8 Å². The predicted molar refractivity (Wildman–Crippen MR) is 89.5 cm³/mol. The van der Waals surface area contributed by atoms with Crippen LogP contribution in [0.25, 0.3) is 11.3 Å². The minimum Gasteiger partial charge on any atom is -0.459 e. The second-order valence-corrected chi connectivity index (χ2v) is 5.54. The first kappa shape index (κ1) is 15.6. The summed E-state index contributed by atoms with van der Waals surface area (Å²) in [5.41, 5.74) is 0.750. The lowest BCUT2D eigenvalue weighted by molar-refractivity contribution is 0.530. The molecule has 0 saturated carbocycles. The molecule has 0 amide bonds. The first-order valence-electron chi connectivity index (χ1n) is 6.82. The van der Waals surface area contributed by atoms with E-state index in [1.54, 1.807) is 24.3 Å². The molecule has 0 fully saturated rings. The molecule has 3 aromatic rings. The van der Waals surface area contributed by atoms with Gasteiger partial charge in [-0.05, 0) is 35.5 Å². The van der Waals surface area contributed by atoms with E-state index in [1.165, 1.54) is 4.80 Å². The molecule has 2 aromatic heterocycles. The lowest BCUT2D eigenvalue weighted by atomic mass is 10.2. The van der Waals surface area contributed by atoms with Crippen LogP contribution in [0.2, 0.25) is 10.0 Å². The van der Waals surface area contributed by atoms with Crippen molar-refractivity contribution in [2.75, 3.05) is 5.32 Å². The zero-order chi connectivity index (χ0) is 16.2. The molecule has 0 aliphatic rings. The molecule has 6 nitrogen and oxygen atoms in total. The fraction of sp³-hybridized carbons (Fsp3) is 0.133. The van der Waals surface area contributed by atoms with Gasteiger partial charge in [-0.2, -0.15) is 4.80 Å². The Bertz CT molecular complexity index is 827. The summed E-state index contributed by atoms with van der Waals surface area (Å²) in [4.78, 5) is 1.44. The largest absolute Gasteiger partial charge is 0.459 e. The van der Waals surface area contributed by atoms with Crippen molar-refractivity contribution in [2.24, 2.45) is 0 Å². The van der Waals surface area contributed by atoms with E-state index >= 15 is 0 Å². The molecule has 1 aromatic carbocycles.